The highest BCUT2D eigenvalue weighted by Gasteiger charge is 2.19. The number of carboxylic acid groups (broad SMARTS) is 1. The number of nitrogens with two attached hydrogens (primary N) is 1. The summed E-state index contributed by atoms with van der Waals surface area (Å²) in [4.78, 5) is 10.3. The van der Waals surface area contributed by atoms with Gasteiger partial charge in [-0.1, -0.05) is 0 Å². The van der Waals surface area contributed by atoms with E-state index in [1.807, 2.05) is 0 Å². The van der Waals surface area contributed by atoms with Crippen molar-refractivity contribution >= 4 is 17.7 Å². The van der Waals surface area contributed by atoms with Crippen LogP contribution in [0.1, 0.15) is 6.92 Å². The summed E-state index contributed by atoms with van der Waals surface area (Å²) in [5, 5.41) is 7.98. The Morgan fingerprint density at radius 3 is 2.22 bits per heavy atom. The Morgan fingerprint density at radius 2 is 2.22 bits per heavy atom. The maximum Gasteiger partial charge on any atom is 0.318 e. The van der Waals surface area contributed by atoms with Gasteiger partial charge < -0.3 is 10.8 Å². The number of rotatable bonds is 3. The summed E-state index contributed by atoms with van der Waals surface area (Å²) in [6.07, 6.45) is 1.74. The lowest BCUT2D eigenvalue weighted by molar-refractivity contribution is -0.136. The molecule has 3 nitrogen and oxygen atoms in total. The highest BCUT2D eigenvalue weighted by atomic mass is 32.2. The first kappa shape index (κ1) is 8.78. The zero-order chi connectivity index (χ0) is 7.44. The third-order valence-electron chi connectivity index (χ3n) is 0.975. The van der Waals surface area contributed by atoms with Crippen molar-refractivity contribution < 1.29 is 9.90 Å². The van der Waals surface area contributed by atoms with Gasteiger partial charge in [0.2, 0.25) is 0 Å². The molecule has 0 aliphatic carbocycles. The van der Waals surface area contributed by atoms with Crippen LogP contribution in [0.2, 0.25) is 0 Å². The average molecular weight is 149 g/mol. The molecule has 0 heterocycles. The minimum absolute atomic E-state index is 0.280. The van der Waals surface area contributed by atoms with Gasteiger partial charge in [-0.3, -0.25) is 4.79 Å². The number of aliphatic carboxylic acids is 1. The first-order valence-corrected chi connectivity index (χ1v) is 3.89. The molecule has 54 valence electrons. The second-order valence-corrected chi connectivity index (χ2v) is 2.83. The highest BCUT2D eigenvalue weighted by molar-refractivity contribution is 7.99. The second kappa shape index (κ2) is 3.74. The molecule has 0 aromatic rings. The van der Waals surface area contributed by atoms with E-state index in [1.54, 1.807) is 13.2 Å². The monoisotopic (exact) mass is 149 g/mol. The van der Waals surface area contributed by atoms with E-state index >= 15 is 0 Å². The summed E-state index contributed by atoms with van der Waals surface area (Å²) >= 11 is 1.26. The topological polar surface area (TPSA) is 63.3 Å². The zero-order valence-corrected chi connectivity index (χ0v) is 6.31. The quantitative estimate of drug-likeness (QED) is 0.599. The van der Waals surface area contributed by atoms with E-state index in [9.17, 15) is 4.79 Å². The maximum atomic E-state index is 10.3. The minimum Gasteiger partial charge on any atom is -0.480 e. The Labute approximate surface area is 58.6 Å². The van der Waals surface area contributed by atoms with E-state index in [1.165, 1.54) is 11.8 Å². The number of hydrogen-bond acceptors (Lipinski definition) is 3. The first-order valence-electron chi connectivity index (χ1n) is 2.60. The lowest BCUT2D eigenvalue weighted by atomic mass is 10.2. The molecule has 0 saturated heterocycles. The third-order valence-corrected chi connectivity index (χ3v) is 2.11. The average Bonchev–Trinajstić information content (AvgIpc) is 1.64. The molecule has 0 aliphatic heterocycles. The summed E-state index contributed by atoms with van der Waals surface area (Å²) in [7, 11) is 0. The van der Waals surface area contributed by atoms with E-state index in [4.69, 9.17) is 10.8 Å². The summed E-state index contributed by atoms with van der Waals surface area (Å²) in [5.41, 5.74) is 5.35. The Morgan fingerprint density at radius 1 is 1.78 bits per heavy atom. The van der Waals surface area contributed by atoms with E-state index in [0.717, 1.165) is 0 Å². The molecule has 2 unspecified atom stereocenters. The smallest absolute Gasteiger partial charge is 0.318 e. The van der Waals surface area contributed by atoms with Gasteiger partial charge >= 0.3 is 5.97 Å². The third kappa shape index (κ3) is 2.72. The van der Waals surface area contributed by atoms with Crippen LogP contribution in [-0.4, -0.2) is 28.6 Å². The van der Waals surface area contributed by atoms with Crippen molar-refractivity contribution in [3.63, 3.8) is 0 Å². The van der Waals surface area contributed by atoms with Gasteiger partial charge in [-0.05, 0) is 13.2 Å². The molecule has 0 saturated carbocycles. The fraction of sp³-hybridized carbons (Fsp3) is 0.800. The molecule has 2 atom stereocenters. The zero-order valence-electron chi connectivity index (χ0n) is 5.50. The SMILES string of the molecule is CSC(C(=O)O)C(C)N. The van der Waals surface area contributed by atoms with Crippen molar-refractivity contribution in [1.82, 2.24) is 0 Å². The van der Waals surface area contributed by atoms with Gasteiger partial charge in [-0.15, -0.1) is 11.8 Å². The van der Waals surface area contributed by atoms with E-state index < -0.39 is 11.2 Å². The first-order chi connectivity index (χ1) is 4.09. The molecule has 0 aromatic carbocycles. The molecule has 0 bridgehead atoms. The number of carbonyl (C=O) groups is 1. The van der Waals surface area contributed by atoms with E-state index in [-0.39, 0.29) is 6.04 Å². The number of thioether (sulfide) groups is 1. The van der Waals surface area contributed by atoms with Gasteiger partial charge in [0.25, 0.3) is 0 Å². The van der Waals surface area contributed by atoms with Gasteiger partial charge in [-0.25, -0.2) is 0 Å². The van der Waals surface area contributed by atoms with Crippen LogP contribution < -0.4 is 5.73 Å². The van der Waals surface area contributed by atoms with Crippen molar-refractivity contribution in [3.8, 4) is 0 Å². The predicted octanol–water partition coefficient (Wildman–Crippen LogP) is 0.150. The summed E-state index contributed by atoms with van der Waals surface area (Å²) < 4.78 is 0. The van der Waals surface area contributed by atoms with Crippen LogP contribution in [0.5, 0.6) is 0 Å². The Bertz CT molecular complexity index is 105. The van der Waals surface area contributed by atoms with Crippen LogP contribution in [-0.2, 0) is 4.79 Å². The molecule has 0 aromatic heterocycles. The van der Waals surface area contributed by atoms with Gasteiger partial charge in [0.05, 0.1) is 0 Å². The molecule has 3 N–H and O–H groups in total. The van der Waals surface area contributed by atoms with Crippen molar-refractivity contribution in [3.05, 3.63) is 0 Å². The Hall–Kier alpha value is -0.220. The predicted molar refractivity (Wildman–Crippen MR) is 38.6 cm³/mol. The fourth-order valence-corrected chi connectivity index (χ4v) is 1.17. The van der Waals surface area contributed by atoms with Crippen LogP contribution >= 0.6 is 11.8 Å². The van der Waals surface area contributed by atoms with Crippen LogP contribution in [0.3, 0.4) is 0 Å². The molecule has 0 spiro atoms. The molecular weight excluding hydrogens is 138 g/mol. The molecule has 0 radical (unpaired) electrons. The Balaban J connectivity index is 3.83. The minimum atomic E-state index is -0.836. The standard InChI is InChI=1S/C5H11NO2S/c1-3(6)4(9-2)5(7)8/h3-4H,6H2,1-2H3,(H,7,8). The van der Waals surface area contributed by atoms with Crippen molar-refractivity contribution in [1.29, 1.82) is 0 Å². The van der Waals surface area contributed by atoms with Gasteiger partial charge in [-0.2, -0.15) is 0 Å². The maximum absolute atomic E-state index is 10.3. The van der Waals surface area contributed by atoms with Crippen molar-refractivity contribution in [2.45, 2.75) is 18.2 Å². The lowest BCUT2D eigenvalue weighted by Crippen LogP contribution is -2.35. The highest BCUT2D eigenvalue weighted by Crippen LogP contribution is 2.08. The fourth-order valence-electron chi connectivity index (χ4n) is 0.540. The molecule has 0 aliphatic rings. The molecule has 4 heteroatoms. The van der Waals surface area contributed by atoms with Crippen LogP contribution in [0.25, 0.3) is 0 Å². The molecule has 0 amide bonds. The summed E-state index contributed by atoms with van der Waals surface area (Å²) in [6, 6.07) is -0.280. The second-order valence-electron chi connectivity index (χ2n) is 1.85. The van der Waals surface area contributed by atoms with Gasteiger partial charge in [0.15, 0.2) is 0 Å². The van der Waals surface area contributed by atoms with Crippen LogP contribution in [0.4, 0.5) is 0 Å². The van der Waals surface area contributed by atoms with Crippen molar-refractivity contribution in [2.24, 2.45) is 5.73 Å². The van der Waals surface area contributed by atoms with Crippen LogP contribution in [0, 0.1) is 0 Å². The van der Waals surface area contributed by atoms with Crippen molar-refractivity contribution in [2.75, 3.05) is 6.26 Å². The van der Waals surface area contributed by atoms with E-state index in [0.29, 0.717) is 0 Å². The van der Waals surface area contributed by atoms with Crippen LogP contribution in [0.15, 0.2) is 0 Å². The lowest BCUT2D eigenvalue weighted by Gasteiger charge is -2.11. The summed E-state index contributed by atoms with van der Waals surface area (Å²) in [5.74, 6) is -0.836. The molecule has 0 fully saturated rings. The largest absolute Gasteiger partial charge is 0.480 e. The molecular formula is C5H11NO2S. The normalized spacial score (nSPS) is 16.8. The number of carboxylic acids is 1. The Kier molecular flexibility index (Phi) is 3.65. The summed E-state index contributed by atoms with van der Waals surface area (Å²) in [6.45, 7) is 1.69. The van der Waals surface area contributed by atoms with E-state index in [2.05, 4.69) is 0 Å². The number of hydrogen-bond donors (Lipinski definition) is 2. The molecule has 9 heavy (non-hydrogen) atoms. The molecule has 0 rings (SSSR count). The van der Waals surface area contributed by atoms with Gasteiger partial charge in [0, 0.05) is 6.04 Å². The van der Waals surface area contributed by atoms with Gasteiger partial charge in [0.1, 0.15) is 5.25 Å².